The zero-order valence-corrected chi connectivity index (χ0v) is 8.06. The van der Waals surface area contributed by atoms with Crippen LogP contribution >= 0.6 is 0 Å². The molecule has 72 valence electrons. The molecule has 0 heterocycles. The Kier molecular flexibility index (Phi) is 2.56. The number of methoxy groups -OCH3 is 1. The lowest BCUT2D eigenvalue weighted by Crippen LogP contribution is -2.00. The van der Waals surface area contributed by atoms with E-state index in [2.05, 4.69) is 0 Å². The van der Waals surface area contributed by atoms with E-state index >= 15 is 0 Å². The van der Waals surface area contributed by atoms with E-state index in [0.29, 0.717) is 5.75 Å². The number of sulfone groups is 1. The maximum Gasteiger partial charge on any atom is 0.178 e. The Hall–Kier alpha value is -1.10. The van der Waals surface area contributed by atoms with E-state index in [9.17, 15) is 12.8 Å². The lowest BCUT2D eigenvalue weighted by molar-refractivity contribution is 0.410. The molecule has 3 nitrogen and oxygen atoms in total. The van der Waals surface area contributed by atoms with E-state index in [1.54, 1.807) is 0 Å². The second-order valence-corrected chi connectivity index (χ2v) is 4.55. The van der Waals surface area contributed by atoms with Gasteiger partial charge in [0.1, 0.15) is 16.5 Å². The minimum absolute atomic E-state index is 0.296. The summed E-state index contributed by atoms with van der Waals surface area (Å²) in [5.74, 6) is -0.494. The fourth-order valence-electron chi connectivity index (χ4n) is 0.909. The standard InChI is InChI=1S/C8H9FO3S/c1-12-6-3-4-8(7(9)5-6)13(2,10)11/h3-5H,1-2H3. The fraction of sp³-hybridized carbons (Fsp3) is 0.250. The van der Waals surface area contributed by atoms with Crippen LogP contribution in [-0.4, -0.2) is 21.8 Å². The largest absolute Gasteiger partial charge is 0.497 e. The molecule has 0 aliphatic carbocycles. The van der Waals surface area contributed by atoms with Gasteiger partial charge in [0.15, 0.2) is 9.84 Å². The van der Waals surface area contributed by atoms with Gasteiger partial charge < -0.3 is 4.74 Å². The number of halogens is 1. The van der Waals surface area contributed by atoms with Gasteiger partial charge in [-0.1, -0.05) is 0 Å². The smallest absolute Gasteiger partial charge is 0.178 e. The summed E-state index contributed by atoms with van der Waals surface area (Å²) in [4.78, 5) is -0.312. The number of ether oxygens (including phenoxy) is 1. The van der Waals surface area contributed by atoms with Crippen LogP contribution in [0.4, 0.5) is 4.39 Å². The predicted octanol–water partition coefficient (Wildman–Crippen LogP) is 1.24. The van der Waals surface area contributed by atoms with Crippen molar-refractivity contribution in [2.75, 3.05) is 13.4 Å². The molecule has 0 saturated carbocycles. The van der Waals surface area contributed by atoms with E-state index in [4.69, 9.17) is 4.74 Å². The zero-order chi connectivity index (χ0) is 10.1. The first kappa shape index (κ1) is 9.98. The van der Waals surface area contributed by atoms with Crippen molar-refractivity contribution >= 4 is 9.84 Å². The predicted molar refractivity (Wildman–Crippen MR) is 46.1 cm³/mol. The number of hydrogen-bond donors (Lipinski definition) is 0. The highest BCUT2D eigenvalue weighted by Gasteiger charge is 2.13. The van der Waals surface area contributed by atoms with E-state index in [0.717, 1.165) is 12.3 Å². The summed E-state index contributed by atoms with van der Waals surface area (Å²) in [6.07, 6.45) is 0.956. The Morgan fingerprint density at radius 3 is 2.38 bits per heavy atom. The molecule has 0 amide bonds. The van der Waals surface area contributed by atoms with Crippen LogP contribution < -0.4 is 4.74 Å². The summed E-state index contributed by atoms with van der Waals surface area (Å²) in [5, 5.41) is 0. The minimum atomic E-state index is -3.49. The summed E-state index contributed by atoms with van der Waals surface area (Å²) in [6, 6.07) is 3.62. The number of benzene rings is 1. The quantitative estimate of drug-likeness (QED) is 0.727. The second kappa shape index (κ2) is 3.33. The van der Waals surface area contributed by atoms with Crippen molar-refractivity contribution in [2.45, 2.75) is 4.90 Å². The lowest BCUT2D eigenvalue weighted by Gasteiger charge is -2.02. The summed E-state index contributed by atoms with van der Waals surface area (Å²) in [7, 11) is -2.11. The van der Waals surface area contributed by atoms with Gasteiger partial charge in [-0.2, -0.15) is 0 Å². The molecule has 0 unspecified atom stereocenters. The molecule has 0 bridgehead atoms. The SMILES string of the molecule is COc1ccc(S(C)(=O)=O)c(F)c1. The van der Waals surface area contributed by atoms with E-state index in [-0.39, 0.29) is 4.90 Å². The molecule has 0 atom stereocenters. The van der Waals surface area contributed by atoms with Crippen LogP contribution in [0.3, 0.4) is 0 Å². The maximum atomic E-state index is 13.1. The molecule has 0 aliphatic heterocycles. The van der Waals surface area contributed by atoms with Gasteiger partial charge in [-0.15, -0.1) is 0 Å². The third-order valence-electron chi connectivity index (χ3n) is 1.54. The number of rotatable bonds is 2. The summed E-state index contributed by atoms with van der Waals surface area (Å²) < 4.78 is 39.7. The molecule has 13 heavy (non-hydrogen) atoms. The molecular formula is C8H9FO3S. The topological polar surface area (TPSA) is 43.4 Å². The van der Waals surface area contributed by atoms with Crippen LogP contribution in [-0.2, 0) is 9.84 Å². The molecule has 0 aromatic heterocycles. The first-order chi connectivity index (χ1) is 5.95. The second-order valence-electron chi connectivity index (χ2n) is 2.57. The summed E-state index contributed by atoms with van der Waals surface area (Å²) in [5.41, 5.74) is 0. The van der Waals surface area contributed by atoms with Gasteiger partial charge in [0.25, 0.3) is 0 Å². The van der Waals surface area contributed by atoms with Crippen LogP contribution in [0.1, 0.15) is 0 Å². The van der Waals surface area contributed by atoms with Gasteiger partial charge >= 0.3 is 0 Å². The van der Waals surface area contributed by atoms with Crippen LogP contribution in [0, 0.1) is 5.82 Å². The highest BCUT2D eigenvalue weighted by atomic mass is 32.2. The normalized spacial score (nSPS) is 11.3. The first-order valence-electron chi connectivity index (χ1n) is 3.49. The molecule has 0 fully saturated rings. The average molecular weight is 204 g/mol. The molecule has 1 aromatic carbocycles. The summed E-state index contributed by atoms with van der Waals surface area (Å²) in [6.45, 7) is 0. The van der Waals surface area contributed by atoms with Gasteiger partial charge in [0, 0.05) is 12.3 Å². The van der Waals surface area contributed by atoms with Gasteiger partial charge in [0.05, 0.1) is 7.11 Å². The van der Waals surface area contributed by atoms with E-state index in [1.165, 1.54) is 19.2 Å². The van der Waals surface area contributed by atoms with Gasteiger partial charge in [-0.25, -0.2) is 12.8 Å². The minimum Gasteiger partial charge on any atom is -0.497 e. The Morgan fingerprint density at radius 2 is 2.00 bits per heavy atom. The molecular weight excluding hydrogens is 195 g/mol. The lowest BCUT2D eigenvalue weighted by atomic mass is 10.3. The third kappa shape index (κ3) is 2.18. The maximum absolute atomic E-state index is 13.1. The van der Waals surface area contributed by atoms with E-state index < -0.39 is 15.7 Å². The highest BCUT2D eigenvalue weighted by Crippen LogP contribution is 2.19. The molecule has 1 aromatic rings. The van der Waals surface area contributed by atoms with Crippen molar-refractivity contribution in [3.63, 3.8) is 0 Å². The average Bonchev–Trinajstić information content (AvgIpc) is 2.01. The Labute approximate surface area is 76.1 Å². The zero-order valence-electron chi connectivity index (χ0n) is 7.24. The van der Waals surface area contributed by atoms with Crippen molar-refractivity contribution in [3.8, 4) is 5.75 Å². The first-order valence-corrected chi connectivity index (χ1v) is 5.38. The van der Waals surface area contributed by atoms with E-state index in [1.807, 2.05) is 0 Å². The van der Waals surface area contributed by atoms with Gasteiger partial charge in [-0.3, -0.25) is 0 Å². The summed E-state index contributed by atoms with van der Waals surface area (Å²) >= 11 is 0. The highest BCUT2D eigenvalue weighted by molar-refractivity contribution is 7.90. The van der Waals surface area contributed by atoms with Gasteiger partial charge in [0.2, 0.25) is 0 Å². The van der Waals surface area contributed by atoms with Crippen molar-refractivity contribution in [1.29, 1.82) is 0 Å². The van der Waals surface area contributed by atoms with Crippen LogP contribution in [0.25, 0.3) is 0 Å². The molecule has 1 rings (SSSR count). The Morgan fingerprint density at radius 1 is 1.38 bits per heavy atom. The van der Waals surface area contributed by atoms with Crippen molar-refractivity contribution in [2.24, 2.45) is 0 Å². The van der Waals surface area contributed by atoms with Crippen LogP contribution in [0.5, 0.6) is 5.75 Å². The molecule has 0 spiro atoms. The monoisotopic (exact) mass is 204 g/mol. The van der Waals surface area contributed by atoms with Crippen LogP contribution in [0.2, 0.25) is 0 Å². The molecule has 0 N–H and O–H groups in total. The molecule has 0 aliphatic rings. The van der Waals surface area contributed by atoms with Crippen molar-refractivity contribution in [3.05, 3.63) is 24.0 Å². The van der Waals surface area contributed by atoms with Gasteiger partial charge in [-0.05, 0) is 12.1 Å². The van der Waals surface area contributed by atoms with Crippen molar-refractivity contribution in [1.82, 2.24) is 0 Å². The van der Waals surface area contributed by atoms with Crippen LogP contribution in [0.15, 0.2) is 23.1 Å². The van der Waals surface area contributed by atoms with Crippen molar-refractivity contribution < 1.29 is 17.5 Å². The molecule has 0 radical (unpaired) electrons. The number of hydrogen-bond acceptors (Lipinski definition) is 3. The Balaban J connectivity index is 3.29. The molecule has 5 heteroatoms. The Bertz CT molecular complexity index is 411. The third-order valence-corrected chi connectivity index (χ3v) is 2.67. The fourth-order valence-corrected chi connectivity index (χ4v) is 1.64. The molecule has 0 saturated heterocycles.